The highest BCUT2D eigenvalue weighted by Gasteiger charge is 2.14. The molecule has 2 N–H and O–H groups in total. The van der Waals surface area contributed by atoms with Crippen LogP contribution in [0.4, 0.5) is 5.82 Å². The van der Waals surface area contributed by atoms with Crippen LogP contribution in [0.2, 0.25) is 0 Å². The molecule has 2 heterocycles. The molecule has 2 aromatic rings. The summed E-state index contributed by atoms with van der Waals surface area (Å²) in [5, 5.41) is 9.27. The third-order valence-corrected chi connectivity index (χ3v) is 3.94. The van der Waals surface area contributed by atoms with Crippen molar-refractivity contribution in [2.75, 3.05) is 25.0 Å². The van der Waals surface area contributed by atoms with E-state index in [4.69, 9.17) is 0 Å². The number of anilines is 1. The molecular weight excluding hydrogens is 290 g/mol. The second-order valence-corrected chi connectivity index (χ2v) is 5.68. The summed E-state index contributed by atoms with van der Waals surface area (Å²) in [5.74, 6) is 1.71. The zero-order chi connectivity index (χ0) is 12.4. The molecule has 1 atom stereocenters. The van der Waals surface area contributed by atoms with E-state index in [2.05, 4.69) is 49.7 Å². The number of pyridine rings is 1. The van der Waals surface area contributed by atoms with Crippen LogP contribution < -0.4 is 10.6 Å². The van der Waals surface area contributed by atoms with Gasteiger partial charge in [-0.3, -0.25) is 0 Å². The molecule has 94 valence electrons. The molecule has 18 heavy (non-hydrogen) atoms. The van der Waals surface area contributed by atoms with E-state index in [9.17, 15) is 0 Å². The van der Waals surface area contributed by atoms with Crippen molar-refractivity contribution < 1.29 is 0 Å². The standard InChI is InChI=1S/C14H16BrN3/c15-12-1-2-13-11(7-12)4-6-17-14(13)18-9-10-3-5-16-8-10/h1-2,4,6-7,10,16H,3,5,8-9H2,(H,17,18). The Hall–Kier alpha value is -1.13. The summed E-state index contributed by atoms with van der Waals surface area (Å²) in [7, 11) is 0. The van der Waals surface area contributed by atoms with Gasteiger partial charge in [-0.05, 0) is 55.1 Å². The first kappa shape index (κ1) is 11.9. The van der Waals surface area contributed by atoms with Crippen molar-refractivity contribution in [1.29, 1.82) is 0 Å². The normalized spacial score (nSPS) is 19.3. The lowest BCUT2D eigenvalue weighted by Gasteiger charge is -2.12. The highest BCUT2D eigenvalue weighted by Crippen LogP contribution is 2.24. The molecule has 1 aromatic heterocycles. The van der Waals surface area contributed by atoms with Crippen LogP contribution >= 0.6 is 15.9 Å². The number of halogens is 1. The Labute approximate surface area is 115 Å². The highest BCUT2D eigenvalue weighted by molar-refractivity contribution is 9.10. The van der Waals surface area contributed by atoms with Gasteiger partial charge < -0.3 is 10.6 Å². The van der Waals surface area contributed by atoms with E-state index in [1.54, 1.807) is 0 Å². The third kappa shape index (κ3) is 2.49. The molecule has 1 fully saturated rings. The maximum atomic E-state index is 4.45. The molecule has 1 saturated heterocycles. The first-order chi connectivity index (χ1) is 8.83. The summed E-state index contributed by atoms with van der Waals surface area (Å²) in [6, 6.07) is 8.34. The minimum absolute atomic E-state index is 0.720. The average Bonchev–Trinajstić information content (AvgIpc) is 2.89. The van der Waals surface area contributed by atoms with Crippen LogP contribution in [0.3, 0.4) is 0 Å². The van der Waals surface area contributed by atoms with Gasteiger partial charge in [-0.2, -0.15) is 0 Å². The van der Waals surface area contributed by atoms with Gasteiger partial charge in [0, 0.05) is 22.6 Å². The Bertz CT molecular complexity index is 550. The lowest BCUT2D eigenvalue weighted by molar-refractivity contribution is 0.614. The zero-order valence-electron chi connectivity index (χ0n) is 10.1. The minimum Gasteiger partial charge on any atom is -0.369 e. The second-order valence-electron chi connectivity index (χ2n) is 4.76. The third-order valence-electron chi connectivity index (χ3n) is 3.45. The summed E-state index contributed by atoms with van der Waals surface area (Å²) in [6.45, 7) is 3.25. The van der Waals surface area contributed by atoms with E-state index in [-0.39, 0.29) is 0 Å². The molecule has 0 amide bonds. The number of nitrogens with one attached hydrogen (secondary N) is 2. The maximum Gasteiger partial charge on any atom is 0.133 e. The number of benzene rings is 1. The Morgan fingerprint density at radius 2 is 2.33 bits per heavy atom. The Morgan fingerprint density at radius 3 is 3.17 bits per heavy atom. The van der Waals surface area contributed by atoms with Crippen molar-refractivity contribution in [3.63, 3.8) is 0 Å². The molecular formula is C14H16BrN3. The van der Waals surface area contributed by atoms with Gasteiger partial charge in [-0.15, -0.1) is 0 Å². The number of rotatable bonds is 3. The van der Waals surface area contributed by atoms with E-state index in [0.29, 0.717) is 0 Å². The molecule has 0 radical (unpaired) electrons. The number of aromatic nitrogens is 1. The molecule has 4 heteroatoms. The molecule has 1 aliphatic heterocycles. The average molecular weight is 306 g/mol. The number of fused-ring (bicyclic) bond motifs is 1. The first-order valence-corrected chi connectivity index (χ1v) is 7.11. The second kappa shape index (κ2) is 5.24. The summed E-state index contributed by atoms with van der Waals surface area (Å²) >= 11 is 3.50. The quantitative estimate of drug-likeness (QED) is 0.915. The van der Waals surface area contributed by atoms with Crippen molar-refractivity contribution in [3.05, 3.63) is 34.9 Å². The maximum absolute atomic E-state index is 4.45. The van der Waals surface area contributed by atoms with Crippen LogP contribution in [0.1, 0.15) is 6.42 Å². The monoisotopic (exact) mass is 305 g/mol. The minimum atomic E-state index is 0.720. The van der Waals surface area contributed by atoms with Gasteiger partial charge in [0.05, 0.1) is 0 Å². The van der Waals surface area contributed by atoms with Gasteiger partial charge in [0.1, 0.15) is 5.82 Å². The van der Waals surface area contributed by atoms with E-state index in [0.717, 1.165) is 35.8 Å². The van der Waals surface area contributed by atoms with Crippen molar-refractivity contribution in [3.8, 4) is 0 Å². The topological polar surface area (TPSA) is 37.0 Å². The van der Waals surface area contributed by atoms with Crippen LogP contribution in [0.5, 0.6) is 0 Å². The van der Waals surface area contributed by atoms with Gasteiger partial charge in [0.15, 0.2) is 0 Å². The van der Waals surface area contributed by atoms with Crippen LogP contribution in [0.25, 0.3) is 10.8 Å². The lowest BCUT2D eigenvalue weighted by Crippen LogP contribution is -2.17. The van der Waals surface area contributed by atoms with Crippen LogP contribution in [0.15, 0.2) is 34.9 Å². The van der Waals surface area contributed by atoms with Crippen molar-refractivity contribution in [2.24, 2.45) is 5.92 Å². The van der Waals surface area contributed by atoms with Gasteiger partial charge in [-0.1, -0.05) is 15.9 Å². The van der Waals surface area contributed by atoms with Crippen LogP contribution in [-0.4, -0.2) is 24.6 Å². The molecule has 1 unspecified atom stereocenters. The Morgan fingerprint density at radius 1 is 1.39 bits per heavy atom. The highest BCUT2D eigenvalue weighted by atomic mass is 79.9. The lowest BCUT2D eigenvalue weighted by atomic mass is 10.1. The SMILES string of the molecule is Brc1ccc2c(NCC3CCNC3)nccc2c1. The fourth-order valence-electron chi connectivity index (χ4n) is 2.42. The number of nitrogens with zero attached hydrogens (tertiary/aromatic N) is 1. The Balaban J connectivity index is 1.82. The summed E-state index contributed by atoms with van der Waals surface area (Å²) in [6.07, 6.45) is 3.12. The zero-order valence-corrected chi connectivity index (χ0v) is 11.7. The summed E-state index contributed by atoms with van der Waals surface area (Å²) < 4.78 is 1.10. The molecule has 3 rings (SSSR count). The number of hydrogen-bond donors (Lipinski definition) is 2. The smallest absolute Gasteiger partial charge is 0.133 e. The predicted octanol–water partition coefficient (Wildman–Crippen LogP) is 3.02. The fraction of sp³-hybridized carbons (Fsp3) is 0.357. The van der Waals surface area contributed by atoms with Gasteiger partial charge in [0.2, 0.25) is 0 Å². The van der Waals surface area contributed by atoms with E-state index < -0.39 is 0 Å². The molecule has 0 spiro atoms. The molecule has 1 aliphatic rings. The molecule has 0 bridgehead atoms. The van der Waals surface area contributed by atoms with Gasteiger partial charge in [-0.25, -0.2) is 4.98 Å². The first-order valence-electron chi connectivity index (χ1n) is 6.32. The largest absolute Gasteiger partial charge is 0.369 e. The van der Waals surface area contributed by atoms with Crippen molar-refractivity contribution in [1.82, 2.24) is 10.3 Å². The fourth-order valence-corrected chi connectivity index (χ4v) is 2.80. The summed E-state index contributed by atoms with van der Waals surface area (Å²) in [5.41, 5.74) is 0. The van der Waals surface area contributed by atoms with Crippen molar-refractivity contribution >= 4 is 32.5 Å². The molecule has 0 aliphatic carbocycles. The van der Waals surface area contributed by atoms with Gasteiger partial charge >= 0.3 is 0 Å². The molecule has 3 nitrogen and oxygen atoms in total. The summed E-state index contributed by atoms with van der Waals surface area (Å²) in [4.78, 5) is 4.45. The van der Waals surface area contributed by atoms with E-state index in [1.165, 1.54) is 17.2 Å². The van der Waals surface area contributed by atoms with E-state index >= 15 is 0 Å². The number of hydrogen-bond acceptors (Lipinski definition) is 3. The molecule has 1 aromatic carbocycles. The molecule has 0 saturated carbocycles. The van der Waals surface area contributed by atoms with E-state index in [1.807, 2.05) is 12.3 Å². The van der Waals surface area contributed by atoms with Crippen molar-refractivity contribution in [2.45, 2.75) is 6.42 Å². The van der Waals surface area contributed by atoms with Crippen LogP contribution in [-0.2, 0) is 0 Å². The van der Waals surface area contributed by atoms with Gasteiger partial charge in [0.25, 0.3) is 0 Å². The Kier molecular flexibility index (Phi) is 3.48. The van der Waals surface area contributed by atoms with Crippen LogP contribution in [0, 0.1) is 5.92 Å². The predicted molar refractivity (Wildman–Crippen MR) is 78.9 cm³/mol.